The molecule has 1 rings (SSSR count). The quantitative estimate of drug-likeness (QED) is 0.803. The Labute approximate surface area is 99.8 Å². The fraction of sp³-hybridized carbons (Fsp3) is 0.462. The van der Waals surface area contributed by atoms with Crippen LogP contribution in [0.4, 0.5) is 8.78 Å². The van der Waals surface area contributed by atoms with E-state index in [0.29, 0.717) is 12.3 Å². The number of nitrogens with zero attached hydrogens (tertiary/aromatic N) is 1. The lowest BCUT2D eigenvalue weighted by atomic mass is 10.1. The maximum atomic E-state index is 13.5. The lowest BCUT2D eigenvalue weighted by molar-refractivity contribution is 0.177. The summed E-state index contributed by atoms with van der Waals surface area (Å²) in [5, 5.41) is 8.55. The molecule has 0 aliphatic heterocycles. The van der Waals surface area contributed by atoms with Crippen molar-refractivity contribution in [2.45, 2.75) is 33.3 Å². The number of rotatable bonds is 4. The van der Waals surface area contributed by atoms with Crippen molar-refractivity contribution in [3.8, 4) is 11.8 Å². The van der Waals surface area contributed by atoms with E-state index < -0.39 is 17.4 Å². The van der Waals surface area contributed by atoms with Gasteiger partial charge in [0.1, 0.15) is 0 Å². The first kappa shape index (κ1) is 13.4. The first-order valence-corrected chi connectivity index (χ1v) is 5.49. The predicted octanol–water partition coefficient (Wildman–Crippen LogP) is 3.65. The van der Waals surface area contributed by atoms with E-state index in [-0.39, 0.29) is 11.7 Å². The van der Waals surface area contributed by atoms with Crippen LogP contribution in [0.3, 0.4) is 0 Å². The molecule has 4 heteroatoms. The highest BCUT2D eigenvalue weighted by Crippen LogP contribution is 2.25. The topological polar surface area (TPSA) is 33.0 Å². The van der Waals surface area contributed by atoms with Gasteiger partial charge in [-0.05, 0) is 31.4 Å². The van der Waals surface area contributed by atoms with Gasteiger partial charge in [0.15, 0.2) is 17.4 Å². The van der Waals surface area contributed by atoms with Crippen molar-refractivity contribution in [1.29, 1.82) is 5.26 Å². The molecule has 0 aliphatic carbocycles. The van der Waals surface area contributed by atoms with Gasteiger partial charge < -0.3 is 4.74 Å². The van der Waals surface area contributed by atoms with Crippen LogP contribution in [-0.2, 0) is 0 Å². The molecule has 1 unspecified atom stereocenters. The summed E-state index contributed by atoms with van der Waals surface area (Å²) in [6, 6.07) is 3.63. The minimum Gasteiger partial charge on any atom is -0.485 e. The molecule has 0 fully saturated rings. The molecule has 0 N–H and O–H groups in total. The molecule has 0 saturated heterocycles. The normalized spacial score (nSPS) is 12.3. The van der Waals surface area contributed by atoms with E-state index in [9.17, 15) is 8.78 Å². The van der Waals surface area contributed by atoms with Gasteiger partial charge in [0, 0.05) is 0 Å². The molecule has 2 nitrogen and oxygen atoms in total. The van der Waals surface area contributed by atoms with Crippen molar-refractivity contribution in [3.63, 3.8) is 0 Å². The van der Waals surface area contributed by atoms with Crippen LogP contribution in [0.2, 0.25) is 0 Å². The Morgan fingerprint density at radius 1 is 1.24 bits per heavy atom. The molecule has 1 atom stereocenters. The Bertz CT molecular complexity index is 415. The summed E-state index contributed by atoms with van der Waals surface area (Å²) in [5.74, 6) is -1.69. The Morgan fingerprint density at radius 3 is 2.18 bits per heavy atom. The third-order valence-electron chi connectivity index (χ3n) is 2.25. The minimum atomic E-state index is -0.836. The Hall–Kier alpha value is -1.63. The van der Waals surface area contributed by atoms with Crippen LogP contribution < -0.4 is 4.74 Å². The third kappa shape index (κ3) is 3.70. The summed E-state index contributed by atoms with van der Waals surface area (Å²) in [5.41, 5.74) is -0.0520. The van der Waals surface area contributed by atoms with E-state index in [1.165, 1.54) is 0 Å². The maximum absolute atomic E-state index is 13.5. The Kier molecular flexibility index (Phi) is 4.45. The van der Waals surface area contributed by atoms with E-state index >= 15 is 0 Å². The summed E-state index contributed by atoms with van der Waals surface area (Å²) in [6.07, 6.45) is 0.436. The van der Waals surface area contributed by atoms with Gasteiger partial charge in [-0.25, -0.2) is 8.78 Å². The molecule has 17 heavy (non-hydrogen) atoms. The molecule has 0 amide bonds. The number of hydrogen-bond donors (Lipinski definition) is 0. The van der Waals surface area contributed by atoms with Gasteiger partial charge in [0.25, 0.3) is 0 Å². The van der Waals surface area contributed by atoms with Crippen LogP contribution in [0.1, 0.15) is 32.8 Å². The molecule has 0 bridgehead atoms. The molecule has 1 aromatic rings. The highest BCUT2D eigenvalue weighted by Gasteiger charge is 2.16. The third-order valence-corrected chi connectivity index (χ3v) is 2.25. The average Bonchev–Trinajstić information content (AvgIpc) is 2.22. The zero-order valence-corrected chi connectivity index (χ0v) is 10.1. The van der Waals surface area contributed by atoms with Crippen LogP contribution in [-0.4, -0.2) is 6.10 Å². The predicted molar refractivity (Wildman–Crippen MR) is 60.6 cm³/mol. The van der Waals surface area contributed by atoms with Crippen LogP contribution in [0, 0.1) is 28.9 Å². The van der Waals surface area contributed by atoms with E-state index in [0.717, 1.165) is 12.1 Å². The molecule has 0 heterocycles. The lowest BCUT2D eigenvalue weighted by Crippen LogP contribution is -2.16. The highest BCUT2D eigenvalue weighted by molar-refractivity contribution is 5.37. The molecule has 1 aromatic carbocycles. The first-order valence-electron chi connectivity index (χ1n) is 5.49. The van der Waals surface area contributed by atoms with Gasteiger partial charge in [0.2, 0.25) is 0 Å². The van der Waals surface area contributed by atoms with Crippen LogP contribution in [0.15, 0.2) is 12.1 Å². The van der Waals surface area contributed by atoms with Crippen LogP contribution >= 0.6 is 0 Å². The van der Waals surface area contributed by atoms with Gasteiger partial charge in [-0.3, -0.25) is 0 Å². The van der Waals surface area contributed by atoms with Gasteiger partial charge in [-0.1, -0.05) is 13.8 Å². The van der Waals surface area contributed by atoms with Gasteiger partial charge in [-0.15, -0.1) is 0 Å². The summed E-state index contributed by atoms with van der Waals surface area (Å²) in [4.78, 5) is 0. The van der Waals surface area contributed by atoms with Crippen LogP contribution in [0.25, 0.3) is 0 Å². The molecule has 92 valence electrons. The summed E-state index contributed by atoms with van der Waals surface area (Å²) in [6.45, 7) is 5.77. The molecule has 0 aromatic heterocycles. The summed E-state index contributed by atoms with van der Waals surface area (Å²) >= 11 is 0. The zero-order chi connectivity index (χ0) is 13.0. The Balaban J connectivity index is 2.89. The van der Waals surface area contributed by atoms with Gasteiger partial charge in [-0.2, -0.15) is 5.26 Å². The monoisotopic (exact) mass is 239 g/mol. The van der Waals surface area contributed by atoms with E-state index in [1.807, 2.05) is 13.8 Å². The Morgan fingerprint density at radius 2 is 1.76 bits per heavy atom. The molecule has 0 spiro atoms. The standard InChI is InChI=1S/C13H15F2NO/c1-8(2)4-9(3)17-13-11(14)5-10(7-16)6-12(13)15/h5-6,8-9H,4H2,1-3H3. The molecule has 0 saturated carbocycles. The molecular formula is C13H15F2NO. The smallest absolute Gasteiger partial charge is 0.191 e. The van der Waals surface area contributed by atoms with Crippen molar-refractivity contribution in [2.24, 2.45) is 5.92 Å². The maximum Gasteiger partial charge on any atom is 0.191 e. The summed E-state index contributed by atoms with van der Waals surface area (Å²) < 4.78 is 32.2. The number of benzene rings is 1. The second kappa shape index (κ2) is 5.62. The molecule has 0 aliphatic rings. The second-order valence-corrected chi connectivity index (χ2v) is 4.44. The van der Waals surface area contributed by atoms with Crippen molar-refractivity contribution in [2.75, 3.05) is 0 Å². The van der Waals surface area contributed by atoms with Gasteiger partial charge in [0.05, 0.1) is 17.7 Å². The minimum absolute atomic E-state index is 0.0520. The SMILES string of the molecule is CC(C)CC(C)Oc1c(F)cc(C#N)cc1F. The van der Waals surface area contributed by atoms with Crippen molar-refractivity contribution in [1.82, 2.24) is 0 Å². The van der Waals surface area contributed by atoms with Crippen molar-refractivity contribution < 1.29 is 13.5 Å². The van der Waals surface area contributed by atoms with E-state index in [1.54, 1.807) is 13.0 Å². The first-order chi connectivity index (χ1) is 7.93. The summed E-state index contributed by atoms with van der Waals surface area (Å²) in [7, 11) is 0. The lowest BCUT2D eigenvalue weighted by Gasteiger charge is -2.17. The fourth-order valence-electron chi connectivity index (χ4n) is 1.65. The second-order valence-electron chi connectivity index (χ2n) is 4.44. The largest absolute Gasteiger partial charge is 0.485 e. The number of ether oxygens (including phenoxy) is 1. The zero-order valence-electron chi connectivity index (χ0n) is 10.1. The molecule has 0 radical (unpaired) electrons. The number of halogens is 2. The average molecular weight is 239 g/mol. The van der Waals surface area contributed by atoms with Gasteiger partial charge >= 0.3 is 0 Å². The molecular weight excluding hydrogens is 224 g/mol. The number of nitriles is 1. The highest BCUT2D eigenvalue weighted by atomic mass is 19.1. The van der Waals surface area contributed by atoms with E-state index in [2.05, 4.69) is 0 Å². The van der Waals surface area contributed by atoms with Crippen molar-refractivity contribution in [3.05, 3.63) is 29.3 Å². The van der Waals surface area contributed by atoms with E-state index in [4.69, 9.17) is 10.00 Å². The number of hydrogen-bond acceptors (Lipinski definition) is 2. The van der Waals surface area contributed by atoms with Crippen LogP contribution in [0.5, 0.6) is 5.75 Å². The van der Waals surface area contributed by atoms with Crippen molar-refractivity contribution >= 4 is 0 Å². The fourth-order valence-corrected chi connectivity index (χ4v) is 1.65.